The van der Waals surface area contributed by atoms with Gasteiger partial charge >= 0.3 is 5.97 Å². The fourth-order valence-electron chi connectivity index (χ4n) is 2.37. The molecular formula is C18H20N2O6S2. The molecule has 1 heterocycles. The molecule has 1 saturated heterocycles. The molecule has 1 aromatic rings. The number of hydrogen-bond donors (Lipinski definition) is 2. The summed E-state index contributed by atoms with van der Waals surface area (Å²) >= 11 is 6.38. The van der Waals surface area contributed by atoms with Gasteiger partial charge in [0.15, 0.2) is 11.5 Å². The van der Waals surface area contributed by atoms with Crippen molar-refractivity contribution in [2.24, 2.45) is 0 Å². The van der Waals surface area contributed by atoms with E-state index in [0.29, 0.717) is 27.3 Å². The maximum atomic E-state index is 12.6. The summed E-state index contributed by atoms with van der Waals surface area (Å²) < 4.78 is 11.1. The molecule has 0 spiro atoms. The van der Waals surface area contributed by atoms with Crippen molar-refractivity contribution in [3.05, 3.63) is 28.7 Å². The summed E-state index contributed by atoms with van der Waals surface area (Å²) in [6.45, 7) is 2.01. The zero-order chi connectivity index (χ0) is 20.7. The molecule has 0 radical (unpaired) electrons. The first kappa shape index (κ1) is 21.7. The van der Waals surface area contributed by atoms with Crippen LogP contribution >= 0.6 is 24.0 Å². The van der Waals surface area contributed by atoms with Crippen LogP contribution < -0.4 is 14.8 Å². The molecule has 0 bridgehead atoms. The van der Waals surface area contributed by atoms with Crippen LogP contribution in [0.25, 0.3) is 6.08 Å². The lowest BCUT2D eigenvalue weighted by molar-refractivity contribution is -0.138. The Bertz CT molecular complexity index is 824. The van der Waals surface area contributed by atoms with Gasteiger partial charge in [0, 0.05) is 13.0 Å². The van der Waals surface area contributed by atoms with Gasteiger partial charge in [-0.1, -0.05) is 30.0 Å². The molecule has 150 valence electrons. The molecule has 2 N–H and O–H groups in total. The average molecular weight is 425 g/mol. The molecule has 0 aromatic heterocycles. The van der Waals surface area contributed by atoms with Crippen LogP contribution in [0.4, 0.5) is 0 Å². The largest absolute Gasteiger partial charge is 0.493 e. The van der Waals surface area contributed by atoms with Crippen molar-refractivity contribution in [2.75, 3.05) is 26.8 Å². The molecule has 1 aromatic carbocycles. The van der Waals surface area contributed by atoms with Gasteiger partial charge in [0.25, 0.3) is 5.91 Å². The summed E-state index contributed by atoms with van der Waals surface area (Å²) in [5, 5.41) is 10.8. The summed E-state index contributed by atoms with van der Waals surface area (Å²) in [5.74, 6) is -0.721. The van der Waals surface area contributed by atoms with Gasteiger partial charge in [-0.25, -0.2) is 0 Å². The number of nitrogens with zero attached hydrogens (tertiary/aromatic N) is 1. The minimum atomic E-state index is -1.13. The minimum Gasteiger partial charge on any atom is -0.493 e. The van der Waals surface area contributed by atoms with E-state index >= 15 is 0 Å². The van der Waals surface area contributed by atoms with Crippen molar-refractivity contribution in [1.29, 1.82) is 0 Å². The third-order valence-electron chi connectivity index (χ3n) is 3.66. The summed E-state index contributed by atoms with van der Waals surface area (Å²) in [7, 11) is 1.54. The number of nitrogens with one attached hydrogen (secondary N) is 1. The summed E-state index contributed by atoms with van der Waals surface area (Å²) in [5.41, 5.74) is 0.750. The Morgan fingerprint density at radius 2 is 2.11 bits per heavy atom. The van der Waals surface area contributed by atoms with Gasteiger partial charge in [0.2, 0.25) is 5.91 Å². The van der Waals surface area contributed by atoms with Crippen LogP contribution in [-0.2, 0) is 14.4 Å². The van der Waals surface area contributed by atoms with E-state index in [0.717, 1.165) is 17.3 Å². The van der Waals surface area contributed by atoms with Crippen LogP contribution in [-0.4, -0.2) is 58.9 Å². The van der Waals surface area contributed by atoms with Crippen molar-refractivity contribution >= 4 is 52.2 Å². The molecular weight excluding hydrogens is 404 g/mol. The molecule has 0 saturated carbocycles. The molecule has 10 heteroatoms. The smallest absolute Gasteiger partial charge is 0.322 e. The van der Waals surface area contributed by atoms with Gasteiger partial charge in [-0.15, -0.1) is 0 Å². The first-order chi connectivity index (χ1) is 13.3. The van der Waals surface area contributed by atoms with Gasteiger partial charge in [0.05, 0.1) is 18.6 Å². The second-order valence-corrected chi connectivity index (χ2v) is 7.27. The van der Waals surface area contributed by atoms with Gasteiger partial charge in [-0.2, -0.15) is 0 Å². The first-order valence-corrected chi connectivity index (χ1v) is 9.62. The van der Waals surface area contributed by atoms with E-state index in [1.165, 1.54) is 12.0 Å². The van der Waals surface area contributed by atoms with Crippen molar-refractivity contribution in [1.82, 2.24) is 10.2 Å². The number of ether oxygens (including phenoxy) is 2. The Balaban J connectivity index is 2.06. The van der Waals surface area contributed by atoms with Gasteiger partial charge in [-0.05, 0) is 30.7 Å². The van der Waals surface area contributed by atoms with Crippen LogP contribution in [0, 0.1) is 0 Å². The lowest BCUT2D eigenvalue weighted by Crippen LogP contribution is -2.35. The number of carbonyl (C=O) groups excluding carboxylic acids is 2. The van der Waals surface area contributed by atoms with Crippen molar-refractivity contribution in [3.8, 4) is 11.5 Å². The van der Waals surface area contributed by atoms with E-state index in [1.807, 2.05) is 6.92 Å². The van der Waals surface area contributed by atoms with E-state index in [1.54, 1.807) is 24.3 Å². The highest BCUT2D eigenvalue weighted by atomic mass is 32.2. The van der Waals surface area contributed by atoms with Crippen LogP contribution in [0.15, 0.2) is 23.1 Å². The highest BCUT2D eigenvalue weighted by Gasteiger charge is 2.32. The van der Waals surface area contributed by atoms with Gasteiger partial charge in [-0.3, -0.25) is 19.3 Å². The van der Waals surface area contributed by atoms with Crippen LogP contribution in [0.5, 0.6) is 11.5 Å². The van der Waals surface area contributed by atoms with E-state index < -0.39 is 18.4 Å². The molecule has 1 aliphatic heterocycles. The van der Waals surface area contributed by atoms with Crippen molar-refractivity contribution in [3.63, 3.8) is 0 Å². The fourth-order valence-corrected chi connectivity index (χ4v) is 3.68. The summed E-state index contributed by atoms with van der Waals surface area (Å²) in [6.07, 6.45) is 1.66. The Hall–Kier alpha value is -2.59. The number of methoxy groups -OCH3 is 1. The highest BCUT2D eigenvalue weighted by molar-refractivity contribution is 8.26. The predicted molar refractivity (Wildman–Crippen MR) is 109 cm³/mol. The average Bonchev–Trinajstić information content (AvgIpc) is 2.92. The molecule has 28 heavy (non-hydrogen) atoms. The number of amides is 2. The molecule has 1 aliphatic rings. The van der Waals surface area contributed by atoms with E-state index in [-0.39, 0.29) is 18.9 Å². The number of carboxylic acid groups (broad SMARTS) is 1. The van der Waals surface area contributed by atoms with Crippen molar-refractivity contribution < 1.29 is 29.0 Å². The number of aliphatic carboxylic acids is 1. The third-order valence-corrected chi connectivity index (χ3v) is 5.04. The lowest BCUT2D eigenvalue weighted by Gasteiger charge is -2.13. The topological polar surface area (TPSA) is 105 Å². The molecule has 1 fully saturated rings. The maximum Gasteiger partial charge on any atom is 0.322 e. The van der Waals surface area contributed by atoms with E-state index in [2.05, 4.69) is 5.32 Å². The van der Waals surface area contributed by atoms with Crippen LogP contribution in [0.3, 0.4) is 0 Å². The maximum absolute atomic E-state index is 12.6. The minimum absolute atomic E-state index is 0.0378. The van der Waals surface area contributed by atoms with E-state index in [4.69, 9.17) is 26.8 Å². The molecule has 0 unspecified atom stereocenters. The monoisotopic (exact) mass is 424 g/mol. The Kier molecular flexibility index (Phi) is 7.82. The van der Waals surface area contributed by atoms with E-state index in [9.17, 15) is 14.4 Å². The number of thioether (sulfide) groups is 1. The van der Waals surface area contributed by atoms with Gasteiger partial charge in [0.1, 0.15) is 10.9 Å². The van der Waals surface area contributed by atoms with Gasteiger partial charge < -0.3 is 19.9 Å². The molecule has 8 nitrogen and oxygen atoms in total. The molecule has 2 amide bonds. The number of rotatable bonds is 9. The third kappa shape index (κ3) is 5.70. The standard InChI is InChI=1S/C18H20N2O6S2/c1-3-26-12-5-4-11(8-13(12)25-2)9-14-17(24)20(18(27)28-14)7-6-15(21)19-10-16(22)23/h4-5,8-9H,3,6-7,10H2,1-2H3,(H,19,21)(H,22,23). The SMILES string of the molecule is CCOc1ccc(C=C2SC(=S)N(CCC(=O)NCC(=O)O)C2=O)cc1OC. The second kappa shape index (κ2) is 10.1. The summed E-state index contributed by atoms with van der Waals surface area (Å²) in [6, 6.07) is 5.33. The molecule has 2 rings (SSSR count). The zero-order valence-electron chi connectivity index (χ0n) is 15.4. The summed E-state index contributed by atoms with van der Waals surface area (Å²) in [4.78, 5) is 36.5. The number of carbonyl (C=O) groups is 3. The molecule has 0 atom stereocenters. The quantitative estimate of drug-likeness (QED) is 0.457. The number of carboxylic acids is 1. The molecule has 0 aliphatic carbocycles. The number of hydrogen-bond acceptors (Lipinski definition) is 7. The highest BCUT2D eigenvalue weighted by Crippen LogP contribution is 2.34. The normalized spacial score (nSPS) is 15.1. The number of thiocarbonyl (C=S) groups is 1. The van der Waals surface area contributed by atoms with Crippen molar-refractivity contribution in [2.45, 2.75) is 13.3 Å². The predicted octanol–water partition coefficient (Wildman–Crippen LogP) is 1.89. The van der Waals surface area contributed by atoms with Crippen LogP contribution in [0.1, 0.15) is 18.9 Å². The Morgan fingerprint density at radius 3 is 2.75 bits per heavy atom. The Labute approximate surface area is 171 Å². The number of benzene rings is 1. The first-order valence-electron chi connectivity index (χ1n) is 8.40. The Morgan fingerprint density at radius 1 is 1.36 bits per heavy atom. The van der Waals surface area contributed by atoms with Crippen LogP contribution in [0.2, 0.25) is 0 Å². The zero-order valence-corrected chi connectivity index (χ0v) is 17.0. The second-order valence-electron chi connectivity index (χ2n) is 5.60. The lowest BCUT2D eigenvalue weighted by atomic mass is 10.2. The fraction of sp³-hybridized carbons (Fsp3) is 0.333.